The van der Waals surface area contributed by atoms with Crippen molar-refractivity contribution in [3.05, 3.63) is 63.6 Å². The van der Waals surface area contributed by atoms with E-state index in [9.17, 15) is 9.00 Å². The molecule has 1 aliphatic heterocycles. The Bertz CT molecular complexity index is 1070. The molecule has 1 amide bonds. The van der Waals surface area contributed by atoms with E-state index < -0.39 is 16.4 Å². The van der Waals surface area contributed by atoms with Crippen molar-refractivity contribution < 1.29 is 13.7 Å². The van der Waals surface area contributed by atoms with Gasteiger partial charge in [-0.3, -0.25) is 4.21 Å². The smallest absolute Gasteiger partial charge is 0.410 e. The molecule has 2 atom stereocenters. The van der Waals surface area contributed by atoms with Gasteiger partial charge in [-0.25, -0.2) is 4.79 Å². The zero-order chi connectivity index (χ0) is 26.5. The first-order valence-corrected chi connectivity index (χ1v) is 14.8. The molecule has 0 aliphatic carbocycles. The Morgan fingerprint density at radius 2 is 1.81 bits per heavy atom. The van der Waals surface area contributed by atoms with E-state index in [1.54, 1.807) is 18.2 Å². The van der Waals surface area contributed by atoms with Crippen LogP contribution < -0.4 is 0 Å². The second-order valence-corrected chi connectivity index (χ2v) is 12.8. The molecule has 2 aromatic carbocycles. The highest BCUT2D eigenvalue weighted by atomic mass is 35.5. The number of rotatable bonds is 8. The quantitative estimate of drug-likeness (QED) is 0.355. The molecule has 1 heterocycles. The van der Waals surface area contributed by atoms with Gasteiger partial charge in [-0.05, 0) is 94.9 Å². The number of halogens is 2. The van der Waals surface area contributed by atoms with Crippen molar-refractivity contribution >= 4 is 40.1 Å². The number of carbonyl (C=O) groups is 1. The highest BCUT2D eigenvalue weighted by Gasteiger charge is 2.26. The van der Waals surface area contributed by atoms with Crippen molar-refractivity contribution in [3.8, 4) is 0 Å². The summed E-state index contributed by atoms with van der Waals surface area (Å²) in [5.41, 5.74) is 1.75. The van der Waals surface area contributed by atoms with E-state index in [1.165, 1.54) is 5.56 Å². The molecule has 0 bridgehead atoms. The van der Waals surface area contributed by atoms with Crippen molar-refractivity contribution in [2.75, 3.05) is 39.5 Å². The molecular weight excluding hydrogens is 515 g/mol. The summed E-state index contributed by atoms with van der Waals surface area (Å²) < 4.78 is 17.8. The van der Waals surface area contributed by atoms with Crippen LogP contribution in [0.5, 0.6) is 0 Å². The number of hydrogen-bond acceptors (Lipinski definition) is 4. The van der Waals surface area contributed by atoms with Gasteiger partial charge >= 0.3 is 6.09 Å². The molecule has 0 N–H and O–H groups in total. The van der Waals surface area contributed by atoms with Crippen molar-refractivity contribution in [2.24, 2.45) is 0 Å². The van der Waals surface area contributed by atoms with Gasteiger partial charge in [0.15, 0.2) is 0 Å². The number of amides is 1. The minimum atomic E-state index is -0.978. The van der Waals surface area contributed by atoms with Gasteiger partial charge in [0.1, 0.15) is 5.60 Å². The fraction of sp³-hybridized carbons (Fsp3) is 0.536. The molecule has 1 saturated heterocycles. The predicted octanol–water partition coefficient (Wildman–Crippen LogP) is 6.95. The number of likely N-dealkylation sites (N-methyl/N-ethyl adjacent to an activating group) is 1. The number of carbonyl (C=O) groups excluding carboxylic acids is 1. The first kappa shape index (κ1) is 29.0. The number of benzene rings is 2. The number of hydrogen-bond donors (Lipinski definition) is 0. The van der Waals surface area contributed by atoms with E-state index in [1.807, 2.05) is 57.2 Å². The summed E-state index contributed by atoms with van der Waals surface area (Å²) in [5.74, 6) is 0.531. The van der Waals surface area contributed by atoms with E-state index in [4.69, 9.17) is 27.9 Å². The zero-order valence-electron chi connectivity index (χ0n) is 21.9. The topological polar surface area (TPSA) is 49.9 Å². The predicted molar refractivity (Wildman–Crippen MR) is 150 cm³/mol. The summed E-state index contributed by atoms with van der Waals surface area (Å²) >= 11 is 12.5. The monoisotopic (exact) mass is 552 g/mol. The molecule has 1 aliphatic rings. The lowest BCUT2D eigenvalue weighted by molar-refractivity contribution is 0.0285. The standard InChI is InChI=1S/C28H38Cl2N2O3S/c1-28(2,3)35-27(33)31(4)19-22(21-10-11-24(29)25(30)18-21)14-17-32-15-12-20(13-16-32)23-8-6-7-9-26(23)36(5)34/h6-11,18,20,22H,12-17,19H2,1-5H3/t22-,36+/m1/s1. The van der Waals surface area contributed by atoms with Crippen molar-refractivity contribution in [2.45, 2.75) is 62.4 Å². The van der Waals surface area contributed by atoms with Crippen LogP contribution in [-0.4, -0.2) is 65.2 Å². The molecule has 5 nitrogen and oxygen atoms in total. The average Bonchev–Trinajstić information content (AvgIpc) is 2.82. The molecule has 0 saturated carbocycles. The van der Waals surface area contributed by atoms with Crippen LogP contribution in [0.25, 0.3) is 0 Å². The Morgan fingerprint density at radius 1 is 1.14 bits per heavy atom. The highest BCUT2D eigenvalue weighted by molar-refractivity contribution is 7.84. The average molecular weight is 554 g/mol. The first-order valence-electron chi connectivity index (χ1n) is 12.5. The van der Waals surface area contributed by atoms with E-state index >= 15 is 0 Å². The Hall–Kier alpha value is -1.60. The molecular formula is C28H38Cl2N2O3S. The third-order valence-corrected chi connectivity index (χ3v) is 8.39. The minimum Gasteiger partial charge on any atom is -0.444 e. The molecule has 1 fully saturated rings. The van der Waals surface area contributed by atoms with Gasteiger partial charge in [-0.15, -0.1) is 0 Å². The highest BCUT2D eigenvalue weighted by Crippen LogP contribution is 2.33. The van der Waals surface area contributed by atoms with Crippen molar-refractivity contribution in [3.63, 3.8) is 0 Å². The summed E-state index contributed by atoms with van der Waals surface area (Å²) in [4.78, 5) is 17.7. The van der Waals surface area contributed by atoms with Crippen LogP contribution in [0.15, 0.2) is 47.4 Å². The summed E-state index contributed by atoms with van der Waals surface area (Å²) in [5, 5.41) is 1.04. The van der Waals surface area contributed by atoms with Crippen LogP contribution >= 0.6 is 23.2 Å². The third-order valence-electron chi connectivity index (χ3n) is 6.66. The van der Waals surface area contributed by atoms with Gasteiger partial charge in [0.25, 0.3) is 0 Å². The zero-order valence-corrected chi connectivity index (χ0v) is 24.3. The number of ether oxygens (including phenoxy) is 1. The molecule has 36 heavy (non-hydrogen) atoms. The normalized spacial score (nSPS) is 17.0. The van der Waals surface area contributed by atoms with Crippen LogP contribution in [0, 0.1) is 0 Å². The van der Waals surface area contributed by atoms with Crippen LogP contribution in [0.1, 0.15) is 63.0 Å². The summed E-state index contributed by atoms with van der Waals surface area (Å²) in [7, 11) is 0.799. The van der Waals surface area contributed by atoms with Crippen LogP contribution in [0.4, 0.5) is 4.79 Å². The maximum absolute atomic E-state index is 12.6. The van der Waals surface area contributed by atoms with Gasteiger partial charge in [0.2, 0.25) is 0 Å². The van der Waals surface area contributed by atoms with Gasteiger partial charge in [-0.1, -0.05) is 47.5 Å². The number of nitrogens with zero attached hydrogens (tertiary/aromatic N) is 2. The molecule has 8 heteroatoms. The van der Waals surface area contributed by atoms with Gasteiger partial charge in [0.05, 0.1) is 20.8 Å². The van der Waals surface area contributed by atoms with E-state index in [0.717, 1.165) is 49.4 Å². The fourth-order valence-electron chi connectivity index (χ4n) is 4.76. The lowest BCUT2D eigenvalue weighted by atomic mass is 9.88. The SMILES string of the molecule is CN(C[C@@H](CCN1CCC(c2ccccc2[S@](C)=O)CC1)c1ccc(Cl)c(Cl)c1)C(=O)OC(C)(C)C. The van der Waals surface area contributed by atoms with E-state index in [-0.39, 0.29) is 12.0 Å². The molecule has 0 aromatic heterocycles. The molecule has 0 spiro atoms. The Balaban J connectivity index is 1.65. The van der Waals surface area contributed by atoms with Gasteiger partial charge in [-0.2, -0.15) is 0 Å². The fourth-order valence-corrected chi connectivity index (χ4v) is 5.90. The molecule has 198 valence electrons. The second kappa shape index (κ2) is 12.8. The summed E-state index contributed by atoms with van der Waals surface area (Å²) in [6, 6.07) is 13.8. The van der Waals surface area contributed by atoms with Crippen LogP contribution in [-0.2, 0) is 15.5 Å². The number of piperidine rings is 1. The van der Waals surface area contributed by atoms with E-state index in [2.05, 4.69) is 11.0 Å². The van der Waals surface area contributed by atoms with Crippen molar-refractivity contribution in [1.29, 1.82) is 0 Å². The minimum absolute atomic E-state index is 0.0956. The molecule has 0 unspecified atom stereocenters. The van der Waals surface area contributed by atoms with Gasteiger partial charge < -0.3 is 14.5 Å². The lowest BCUT2D eigenvalue weighted by Crippen LogP contribution is -2.38. The molecule has 3 rings (SSSR count). The van der Waals surface area contributed by atoms with Crippen molar-refractivity contribution in [1.82, 2.24) is 9.80 Å². The van der Waals surface area contributed by atoms with Crippen LogP contribution in [0.3, 0.4) is 0 Å². The Morgan fingerprint density at radius 3 is 2.42 bits per heavy atom. The second-order valence-electron chi connectivity index (χ2n) is 10.6. The maximum Gasteiger partial charge on any atom is 0.410 e. The third kappa shape index (κ3) is 8.20. The van der Waals surface area contributed by atoms with Gasteiger partial charge in [0, 0.05) is 30.7 Å². The lowest BCUT2D eigenvalue weighted by Gasteiger charge is -2.34. The maximum atomic E-state index is 12.6. The summed E-state index contributed by atoms with van der Waals surface area (Å²) in [6.45, 7) is 9.04. The van der Waals surface area contributed by atoms with Crippen LogP contribution in [0.2, 0.25) is 10.0 Å². The first-order chi connectivity index (χ1) is 16.9. The summed E-state index contributed by atoms with van der Waals surface area (Å²) in [6.07, 6.45) is 4.39. The molecule has 0 radical (unpaired) electrons. The van der Waals surface area contributed by atoms with E-state index in [0.29, 0.717) is 22.5 Å². The number of likely N-dealkylation sites (tertiary alicyclic amines) is 1. The Labute approximate surface area is 228 Å². The molecule has 2 aromatic rings. The largest absolute Gasteiger partial charge is 0.444 e. The Kier molecular flexibility index (Phi) is 10.3.